The molecular formula is C33H36ClN3O9. The van der Waals surface area contributed by atoms with E-state index in [0.29, 0.717) is 55.5 Å². The number of allylic oxidation sites excluding steroid dienone is 4. The minimum atomic E-state index is -0.789. The SMILES string of the molecule is COCCN1C2=C(C(=O)CC(C)(C)C2)C(c2cc(Cl)c(Oc3ccc([N+](=O)[O-])cc3[N+](=O)[O-])c(OC)c2)C2=C1CC(C)(C)CC2=O. The number of nitrogens with zero attached hydrogens (tertiary/aromatic N) is 3. The Bertz CT molecular complexity index is 1670. The number of benzene rings is 2. The zero-order chi connectivity index (χ0) is 33.7. The van der Waals surface area contributed by atoms with E-state index in [-0.39, 0.29) is 44.7 Å². The van der Waals surface area contributed by atoms with Gasteiger partial charge in [0, 0.05) is 61.0 Å². The Hall–Kier alpha value is -4.29. The number of Topliss-reactive ketones (excluding diaryl/α,β-unsaturated/α-hetero) is 2. The van der Waals surface area contributed by atoms with Gasteiger partial charge in [0.05, 0.1) is 34.7 Å². The lowest BCUT2D eigenvalue weighted by Gasteiger charge is -2.49. The molecule has 5 rings (SSSR count). The van der Waals surface area contributed by atoms with Crippen molar-refractivity contribution < 1.29 is 33.6 Å². The number of carbonyl (C=O) groups excluding carboxylic acids is 2. The Morgan fingerprint density at radius 3 is 1.96 bits per heavy atom. The van der Waals surface area contributed by atoms with Crippen LogP contribution in [0, 0.1) is 31.1 Å². The fourth-order valence-electron chi connectivity index (χ4n) is 6.80. The predicted molar refractivity (Wildman–Crippen MR) is 169 cm³/mol. The van der Waals surface area contributed by atoms with E-state index in [0.717, 1.165) is 29.6 Å². The maximum absolute atomic E-state index is 14.0. The first-order chi connectivity index (χ1) is 21.6. The first-order valence-corrected chi connectivity index (χ1v) is 15.2. The molecule has 1 heterocycles. The highest BCUT2D eigenvalue weighted by Gasteiger charge is 2.49. The van der Waals surface area contributed by atoms with Crippen molar-refractivity contribution in [1.29, 1.82) is 0 Å². The van der Waals surface area contributed by atoms with Crippen LogP contribution in [0.3, 0.4) is 0 Å². The molecule has 0 aromatic heterocycles. The molecule has 46 heavy (non-hydrogen) atoms. The number of hydrogen-bond acceptors (Lipinski definition) is 10. The zero-order valence-corrected chi connectivity index (χ0v) is 27.4. The Kier molecular flexibility index (Phi) is 8.73. The lowest BCUT2D eigenvalue weighted by molar-refractivity contribution is -0.394. The van der Waals surface area contributed by atoms with Gasteiger partial charge in [-0.15, -0.1) is 0 Å². The van der Waals surface area contributed by atoms with Crippen molar-refractivity contribution in [2.24, 2.45) is 10.8 Å². The summed E-state index contributed by atoms with van der Waals surface area (Å²) in [5, 5.41) is 23.0. The number of carbonyl (C=O) groups is 2. The van der Waals surface area contributed by atoms with E-state index in [9.17, 15) is 29.8 Å². The average Bonchev–Trinajstić information content (AvgIpc) is 2.95. The normalized spacial score (nSPS) is 19.2. The quantitative estimate of drug-likeness (QED) is 0.199. The van der Waals surface area contributed by atoms with E-state index in [2.05, 4.69) is 32.6 Å². The number of methoxy groups -OCH3 is 2. The third-order valence-electron chi connectivity index (χ3n) is 8.69. The fraction of sp³-hybridized carbons (Fsp3) is 0.455. The Morgan fingerprint density at radius 1 is 0.870 bits per heavy atom. The van der Waals surface area contributed by atoms with Crippen molar-refractivity contribution >= 4 is 34.5 Å². The highest BCUT2D eigenvalue weighted by Crippen LogP contribution is 2.55. The van der Waals surface area contributed by atoms with Crippen LogP contribution in [-0.2, 0) is 14.3 Å². The first-order valence-electron chi connectivity index (χ1n) is 14.8. The molecule has 244 valence electrons. The Morgan fingerprint density at radius 2 is 1.46 bits per heavy atom. The number of halogens is 1. The number of non-ortho nitro benzene ring substituents is 1. The molecule has 0 atom stereocenters. The van der Waals surface area contributed by atoms with Crippen LogP contribution >= 0.6 is 11.6 Å². The standard InChI is InChI=1S/C33H36ClN3O9/c1-32(2)14-22-29(24(38)16-32)28(30-23(35(22)9-10-44-5)15-33(3,4)17-25(30)39)18-11-20(34)31(27(12-18)45-6)46-26-8-7-19(36(40)41)13-21(26)37(42)43/h7-8,11-13,28H,9-10,14-17H2,1-6H3. The number of rotatable bonds is 9. The molecule has 12 nitrogen and oxygen atoms in total. The number of ether oxygens (including phenoxy) is 3. The highest BCUT2D eigenvalue weighted by molar-refractivity contribution is 6.32. The number of hydrogen-bond donors (Lipinski definition) is 0. The van der Waals surface area contributed by atoms with Crippen LogP contribution in [0.15, 0.2) is 52.9 Å². The van der Waals surface area contributed by atoms with Gasteiger partial charge in [-0.05, 0) is 47.4 Å². The second kappa shape index (κ2) is 12.1. The molecule has 2 aromatic carbocycles. The maximum Gasteiger partial charge on any atom is 0.318 e. The van der Waals surface area contributed by atoms with Crippen LogP contribution in [-0.4, -0.2) is 53.7 Å². The molecule has 0 radical (unpaired) electrons. The summed E-state index contributed by atoms with van der Waals surface area (Å²) in [5.41, 5.74) is 1.65. The maximum atomic E-state index is 14.0. The molecule has 0 saturated carbocycles. The van der Waals surface area contributed by atoms with Crippen molar-refractivity contribution in [3.8, 4) is 17.2 Å². The van der Waals surface area contributed by atoms with Crippen LogP contribution in [0.25, 0.3) is 0 Å². The lowest BCUT2D eigenvalue weighted by Crippen LogP contribution is -2.45. The van der Waals surface area contributed by atoms with Gasteiger partial charge in [-0.2, -0.15) is 0 Å². The van der Waals surface area contributed by atoms with Gasteiger partial charge in [-0.25, -0.2) is 0 Å². The van der Waals surface area contributed by atoms with E-state index >= 15 is 0 Å². The van der Waals surface area contributed by atoms with E-state index in [1.54, 1.807) is 19.2 Å². The van der Waals surface area contributed by atoms with Gasteiger partial charge in [-0.1, -0.05) is 39.3 Å². The van der Waals surface area contributed by atoms with E-state index in [4.69, 9.17) is 25.8 Å². The number of nitro groups is 2. The first kappa shape index (κ1) is 33.1. The third-order valence-corrected chi connectivity index (χ3v) is 8.97. The monoisotopic (exact) mass is 653 g/mol. The largest absolute Gasteiger partial charge is 0.493 e. The van der Waals surface area contributed by atoms with Gasteiger partial charge in [0.1, 0.15) is 0 Å². The Balaban J connectivity index is 1.69. The molecule has 0 amide bonds. The van der Waals surface area contributed by atoms with Gasteiger partial charge in [-0.3, -0.25) is 29.8 Å². The summed E-state index contributed by atoms with van der Waals surface area (Å²) in [6, 6.07) is 6.22. The summed E-state index contributed by atoms with van der Waals surface area (Å²) in [6.45, 7) is 9.12. The molecule has 0 saturated heterocycles. The summed E-state index contributed by atoms with van der Waals surface area (Å²) in [7, 11) is 2.99. The summed E-state index contributed by atoms with van der Waals surface area (Å²) in [6.07, 6.45) is 1.85. The van der Waals surface area contributed by atoms with Crippen LogP contribution < -0.4 is 9.47 Å². The van der Waals surface area contributed by atoms with Gasteiger partial charge in [0.25, 0.3) is 5.69 Å². The van der Waals surface area contributed by atoms with Crippen molar-refractivity contribution in [3.63, 3.8) is 0 Å². The van der Waals surface area contributed by atoms with Crippen molar-refractivity contribution in [2.75, 3.05) is 27.4 Å². The molecular weight excluding hydrogens is 618 g/mol. The second-order valence-corrected chi connectivity index (χ2v) is 13.9. The van der Waals surface area contributed by atoms with Crippen molar-refractivity contribution in [1.82, 2.24) is 4.90 Å². The minimum absolute atomic E-state index is 0.0142. The molecule has 0 fully saturated rings. The predicted octanol–water partition coefficient (Wildman–Crippen LogP) is 7.29. The molecule has 2 aromatic rings. The van der Waals surface area contributed by atoms with Crippen LogP contribution in [0.2, 0.25) is 5.02 Å². The van der Waals surface area contributed by atoms with Gasteiger partial charge >= 0.3 is 5.69 Å². The minimum Gasteiger partial charge on any atom is -0.493 e. The number of ketones is 2. The van der Waals surface area contributed by atoms with Crippen LogP contribution in [0.1, 0.15) is 64.9 Å². The zero-order valence-electron chi connectivity index (χ0n) is 26.6. The smallest absolute Gasteiger partial charge is 0.318 e. The lowest BCUT2D eigenvalue weighted by atomic mass is 9.63. The van der Waals surface area contributed by atoms with Gasteiger partial charge in [0.2, 0.25) is 5.75 Å². The second-order valence-electron chi connectivity index (χ2n) is 13.5. The Labute approximate surface area is 271 Å². The summed E-state index contributed by atoms with van der Waals surface area (Å²) < 4.78 is 17.0. The molecule has 0 bridgehead atoms. The third kappa shape index (κ3) is 6.11. The summed E-state index contributed by atoms with van der Waals surface area (Å²) in [4.78, 5) is 51.6. The molecule has 13 heteroatoms. The average molecular weight is 654 g/mol. The molecule has 0 N–H and O–H groups in total. The highest BCUT2D eigenvalue weighted by atomic mass is 35.5. The van der Waals surface area contributed by atoms with Crippen LogP contribution in [0.4, 0.5) is 11.4 Å². The van der Waals surface area contributed by atoms with Crippen LogP contribution in [0.5, 0.6) is 17.2 Å². The molecule has 0 spiro atoms. The van der Waals surface area contributed by atoms with Gasteiger partial charge in [0.15, 0.2) is 23.1 Å². The number of nitro benzene ring substituents is 2. The molecule has 3 aliphatic rings. The van der Waals surface area contributed by atoms with Crippen molar-refractivity contribution in [2.45, 2.75) is 59.3 Å². The fourth-order valence-corrected chi connectivity index (χ4v) is 7.06. The van der Waals surface area contributed by atoms with E-state index < -0.39 is 27.1 Å². The topological polar surface area (TPSA) is 151 Å². The van der Waals surface area contributed by atoms with Gasteiger partial charge < -0.3 is 19.1 Å². The summed E-state index contributed by atoms with van der Waals surface area (Å²) in [5.74, 6) is -1.06. The summed E-state index contributed by atoms with van der Waals surface area (Å²) >= 11 is 6.79. The van der Waals surface area contributed by atoms with E-state index in [1.807, 2.05) is 0 Å². The molecule has 1 aliphatic heterocycles. The molecule has 0 unspecified atom stereocenters. The molecule has 2 aliphatic carbocycles. The van der Waals surface area contributed by atoms with E-state index in [1.165, 1.54) is 7.11 Å². The van der Waals surface area contributed by atoms with Crippen molar-refractivity contribution in [3.05, 3.63) is 83.7 Å².